The first-order chi connectivity index (χ1) is 22.6. The Morgan fingerprint density at radius 3 is 2.36 bits per heavy atom. The van der Waals surface area contributed by atoms with Crippen LogP contribution < -0.4 is 24.8 Å². The second-order valence-corrected chi connectivity index (χ2v) is 11.4. The van der Waals surface area contributed by atoms with Crippen molar-refractivity contribution in [2.45, 2.75) is 31.7 Å². The predicted molar refractivity (Wildman–Crippen MR) is 168 cm³/mol. The van der Waals surface area contributed by atoms with Gasteiger partial charge in [-0.1, -0.05) is 30.3 Å². The molecule has 1 unspecified atom stereocenters. The number of amides is 1. The van der Waals surface area contributed by atoms with Crippen LogP contribution in [0, 0.1) is 0 Å². The molecule has 1 aromatic heterocycles. The number of β-amino-alcohol motifs (C(OH)–C–C–N with tert-alkyl or cyclic N) is 1. The van der Waals surface area contributed by atoms with Crippen LogP contribution >= 0.6 is 0 Å². The second-order valence-electron chi connectivity index (χ2n) is 11.4. The smallest absolute Gasteiger partial charge is 0.418 e. The quantitative estimate of drug-likeness (QED) is 0.280. The molecule has 0 bridgehead atoms. The number of hydrogen-bond acceptors (Lipinski definition) is 8. The largest absolute Gasteiger partial charge is 0.497 e. The molecule has 246 valence electrons. The van der Waals surface area contributed by atoms with Crippen LogP contribution in [0.25, 0.3) is 16.9 Å². The molecule has 0 radical (unpaired) electrons. The van der Waals surface area contributed by atoms with Crippen molar-refractivity contribution in [1.29, 1.82) is 0 Å². The van der Waals surface area contributed by atoms with Crippen LogP contribution in [0.2, 0.25) is 0 Å². The summed E-state index contributed by atoms with van der Waals surface area (Å²) in [5.41, 5.74) is -0.242. The molecule has 10 nitrogen and oxygen atoms in total. The third kappa shape index (κ3) is 6.54. The molecule has 1 saturated heterocycles. The first kappa shape index (κ1) is 32.1. The highest BCUT2D eigenvalue weighted by Gasteiger charge is 2.38. The number of methoxy groups -OCH3 is 2. The highest BCUT2D eigenvalue weighted by Crippen LogP contribution is 2.39. The molecular formula is C34H33F3N4O6. The lowest BCUT2D eigenvalue weighted by Crippen LogP contribution is -2.37. The van der Waals surface area contributed by atoms with Gasteiger partial charge in [-0.15, -0.1) is 0 Å². The van der Waals surface area contributed by atoms with E-state index in [0.29, 0.717) is 41.3 Å². The van der Waals surface area contributed by atoms with E-state index in [2.05, 4.69) is 5.10 Å². The summed E-state index contributed by atoms with van der Waals surface area (Å²) >= 11 is 0. The van der Waals surface area contributed by atoms with Crippen molar-refractivity contribution in [3.63, 3.8) is 0 Å². The summed E-state index contributed by atoms with van der Waals surface area (Å²) in [7, 11) is 2.92. The van der Waals surface area contributed by atoms with Gasteiger partial charge >= 0.3 is 6.18 Å². The highest BCUT2D eigenvalue weighted by atomic mass is 19.4. The summed E-state index contributed by atoms with van der Waals surface area (Å²) in [6.45, 7) is 0.584. The number of carbonyl (C=O) groups is 1. The number of benzene rings is 3. The molecule has 47 heavy (non-hydrogen) atoms. The van der Waals surface area contributed by atoms with Crippen LogP contribution in [0.4, 0.5) is 24.5 Å². The third-order valence-electron chi connectivity index (χ3n) is 8.33. The zero-order valence-electron chi connectivity index (χ0n) is 25.8. The summed E-state index contributed by atoms with van der Waals surface area (Å²) in [5.74, 6) is 0.288. The third-order valence-corrected chi connectivity index (χ3v) is 8.33. The van der Waals surface area contributed by atoms with Gasteiger partial charge in [-0.3, -0.25) is 9.59 Å². The Hall–Kier alpha value is -4.88. The molecule has 1 atom stereocenters. The minimum atomic E-state index is -4.83. The van der Waals surface area contributed by atoms with Crippen LogP contribution in [-0.2, 0) is 28.7 Å². The average molecular weight is 651 g/mol. The Balaban J connectivity index is 1.50. The Kier molecular flexibility index (Phi) is 8.93. The van der Waals surface area contributed by atoms with E-state index < -0.39 is 35.0 Å². The zero-order chi connectivity index (χ0) is 33.3. The van der Waals surface area contributed by atoms with E-state index in [1.54, 1.807) is 23.1 Å². The summed E-state index contributed by atoms with van der Waals surface area (Å²) in [6.07, 6.45) is -4.77. The summed E-state index contributed by atoms with van der Waals surface area (Å²) in [4.78, 5) is 30.8. The fourth-order valence-electron chi connectivity index (χ4n) is 6.00. The Morgan fingerprint density at radius 1 is 1.00 bits per heavy atom. The first-order valence-electron chi connectivity index (χ1n) is 15.0. The van der Waals surface area contributed by atoms with Gasteiger partial charge in [0.15, 0.2) is 0 Å². The number of fused-ring (bicyclic) bond motifs is 1. The van der Waals surface area contributed by atoms with E-state index in [1.165, 1.54) is 31.3 Å². The maximum absolute atomic E-state index is 14.5. The highest BCUT2D eigenvalue weighted by molar-refractivity contribution is 5.97. The van der Waals surface area contributed by atoms with Crippen LogP contribution in [0.1, 0.15) is 23.1 Å². The molecule has 13 heteroatoms. The number of carbonyl (C=O) groups excluding carboxylic acids is 1. The van der Waals surface area contributed by atoms with E-state index in [9.17, 15) is 27.9 Å². The van der Waals surface area contributed by atoms with Gasteiger partial charge in [0.2, 0.25) is 0 Å². The maximum Gasteiger partial charge on any atom is 0.418 e. The molecule has 3 aromatic carbocycles. The maximum atomic E-state index is 14.5. The summed E-state index contributed by atoms with van der Waals surface area (Å²) < 4.78 is 60.8. The van der Waals surface area contributed by atoms with Crippen LogP contribution in [-0.4, -0.2) is 67.4 Å². The molecular weight excluding hydrogens is 617 g/mol. The number of alkyl halides is 3. The SMILES string of the molecule is COc1cc(OC)cc(-c2nn(-c3cc(N4CCC(O)C4)ccc3C(F)(F)F)c(=O)c3c2CCN3C(=O)COCc2ccccc2)c1. The molecule has 3 heterocycles. The van der Waals surface area contributed by atoms with Crippen LogP contribution in [0.15, 0.2) is 71.5 Å². The van der Waals surface area contributed by atoms with Gasteiger partial charge in [0.1, 0.15) is 23.8 Å². The zero-order valence-corrected chi connectivity index (χ0v) is 25.8. The van der Waals surface area contributed by atoms with E-state index in [-0.39, 0.29) is 44.1 Å². The number of rotatable bonds is 9. The number of halogens is 3. The first-order valence-corrected chi connectivity index (χ1v) is 15.0. The Labute approximate surface area is 268 Å². The average Bonchev–Trinajstić information content (AvgIpc) is 3.72. The second kappa shape index (κ2) is 13.1. The van der Waals surface area contributed by atoms with Gasteiger partial charge in [-0.25, -0.2) is 0 Å². The lowest BCUT2D eigenvalue weighted by Gasteiger charge is -2.23. The van der Waals surface area contributed by atoms with Crippen molar-refractivity contribution in [3.05, 3.63) is 93.8 Å². The monoisotopic (exact) mass is 650 g/mol. The normalized spacial score (nSPS) is 16.0. The van der Waals surface area contributed by atoms with Crippen molar-refractivity contribution in [1.82, 2.24) is 9.78 Å². The molecule has 6 rings (SSSR count). The number of aliphatic hydroxyl groups is 1. The molecule has 2 aliphatic heterocycles. The lowest BCUT2D eigenvalue weighted by molar-refractivity contribution is -0.137. The van der Waals surface area contributed by atoms with Gasteiger partial charge in [0, 0.05) is 42.5 Å². The number of anilines is 2. The van der Waals surface area contributed by atoms with Crippen molar-refractivity contribution < 1.29 is 37.3 Å². The number of hydrogen-bond donors (Lipinski definition) is 1. The fraction of sp³-hybridized carbons (Fsp3) is 0.324. The van der Waals surface area contributed by atoms with E-state index >= 15 is 0 Å². The Bertz CT molecular complexity index is 1820. The van der Waals surface area contributed by atoms with Crippen molar-refractivity contribution in [3.8, 4) is 28.4 Å². The summed E-state index contributed by atoms with van der Waals surface area (Å²) in [5, 5.41) is 14.6. The molecule has 4 aromatic rings. The van der Waals surface area contributed by atoms with Crippen molar-refractivity contribution >= 4 is 17.3 Å². The van der Waals surface area contributed by atoms with Gasteiger partial charge < -0.3 is 29.1 Å². The predicted octanol–water partition coefficient (Wildman–Crippen LogP) is 4.61. The minimum Gasteiger partial charge on any atom is -0.497 e. The topological polar surface area (TPSA) is 106 Å². The van der Waals surface area contributed by atoms with Gasteiger partial charge in [-0.05, 0) is 48.7 Å². The van der Waals surface area contributed by atoms with E-state index in [4.69, 9.17) is 14.2 Å². The number of nitrogens with zero attached hydrogens (tertiary/aromatic N) is 4. The van der Waals surface area contributed by atoms with Crippen LogP contribution in [0.5, 0.6) is 11.5 Å². The van der Waals surface area contributed by atoms with Crippen molar-refractivity contribution in [2.24, 2.45) is 0 Å². The number of ether oxygens (including phenoxy) is 3. The minimum absolute atomic E-state index is 0.0692. The molecule has 0 spiro atoms. The van der Waals surface area contributed by atoms with E-state index in [1.807, 2.05) is 30.3 Å². The van der Waals surface area contributed by atoms with Gasteiger partial charge in [-0.2, -0.15) is 23.0 Å². The molecule has 0 saturated carbocycles. The van der Waals surface area contributed by atoms with Crippen molar-refractivity contribution in [2.75, 3.05) is 50.3 Å². The Morgan fingerprint density at radius 2 is 1.72 bits per heavy atom. The number of aromatic nitrogens is 2. The number of aliphatic hydroxyl groups excluding tert-OH is 1. The van der Waals surface area contributed by atoms with Crippen LogP contribution in [0.3, 0.4) is 0 Å². The molecule has 1 amide bonds. The molecule has 1 fully saturated rings. The molecule has 1 N–H and O–H groups in total. The molecule has 0 aliphatic carbocycles. The van der Waals surface area contributed by atoms with Gasteiger partial charge in [0.05, 0.1) is 43.9 Å². The fourth-order valence-corrected chi connectivity index (χ4v) is 6.00. The summed E-state index contributed by atoms with van der Waals surface area (Å²) in [6, 6.07) is 17.6. The lowest BCUT2D eigenvalue weighted by atomic mass is 10.0. The molecule has 2 aliphatic rings. The van der Waals surface area contributed by atoms with Gasteiger partial charge in [0.25, 0.3) is 11.5 Å². The van der Waals surface area contributed by atoms with E-state index in [0.717, 1.165) is 16.3 Å². The standard InChI is InChI=1S/C34H33F3N4O6/c1-45-25-14-22(15-26(17-25)46-2)31-27-11-13-40(30(43)20-47-19-21-6-4-3-5-7-21)32(27)33(44)41(38-31)29-16-23(39-12-10-24(42)18-39)8-9-28(29)34(35,36)37/h3-9,14-17,24,42H,10-13,18-20H2,1-2H3.